The third kappa shape index (κ3) is 3.41. The van der Waals surface area contributed by atoms with Crippen molar-refractivity contribution in [2.75, 3.05) is 0 Å². The fourth-order valence-corrected chi connectivity index (χ4v) is 11.1. The zero-order valence-corrected chi connectivity index (χ0v) is 10.9. The fourth-order valence-electron chi connectivity index (χ4n) is 2.13. The van der Waals surface area contributed by atoms with Crippen LogP contribution < -0.4 is 0 Å². The minimum Gasteiger partial charge on any atom is -0.455 e. The summed E-state index contributed by atoms with van der Waals surface area (Å²) in [6.07, 6.45) is 4.25. The SMILES string of the molecule is C[Si]1(C)CCCCC[Si](C)(C)O1. The second-order valence-corrected chi connectivity index (χ2v) is 14.0. The average molecular weight is 202 g/mol. The van der Waals surface area contributed by atoms with Crippen molar-refractivity contribution >= 4 is 16.6 Å². The van der Waals surface area contributed by atoms with Crippen LogP contribution in [-0.2, 0) is 4.12 Å². The van der Waals surface area contributed by atoms with Gasteiger partial charge >= 0.3 is 0 Å². The molecule has 1 aliphatic heterocycles. The van der Waals surface area contributed by atoms with Crippen LogP contribution in [0.15, 0.2) is 0 Å². The lowest BCUT2D eigenvalue weighted by atomic mass is 10.3. The highest BCUT2D eigenvalue weighted by atomic mass is 28.4. The van der Waals surface area contributed by atoms with Crippen molar-refractivity contribution in [3.05, 3.63) is 0 Å². The average Bonchev–Trinajstić information content (AvgIpc) is 1.80. The maximum absolute atomic E-state index is 6.34. The Bertz CT molecular complexity index is 139. The first kappa shape index (κ1) is 10.5. The van der Waals surface area contributed by atoms with E-state index in [1.165, 1.54) is 31.4 Å². The second-order valence-electron chi connectivity index (χ2n) is 5.18. The molecule has 1 heterocycles. The molecule has 0 unspecified atom stereocenters. The van der Waals surface area contributed by atoms with Crippen molar-refractivity contribution in [3.63, 3.8) is 0 Å². The van der Waals surface area contributed by atoms with Crippen LogP contribution in [0, 0.1) is 0 Å². The predicted molar refractivity (Wildman–Crippen MR) is 59.5 cm³/mol. The summed E-state index contributed by atoms with van der Waals surface area (Å²) in [5.74, 6) is 0. The molecular formula is C9H22OSi2. The van der Waals surface area contributed by atoms with Gasteiger partial charge < -0.3 is 4.12 Å². The predicted octanol–water partition coefficient (Wildman–Crippen LogP) is 3.60. The van der Waals surface area contributed by atoms with E-state index >= 15 is 0 Å². The van der Waals surface area contributed by atoms with E-state index in [1.54, 1.807) is 0 Å². The van der Waals surface area contributed by atoms with Gasteiger partial charge in [-0.05, 0) is 38.3 Å². The molecule has 0 radical (unpaired) electrons. The van der Waals surface area contributed by atoms with Crippen LogP contribution in [0.4, 0.5) is 0 Å². The highest BCUT2D eigenvalue weighted by Crippen LogP contribution is 2.28. The molecule has 0 atom stereocenters. The van der Waals surface area contributed by atoms with Crippen molar-refractivity contribution in [1.29, 1.82) is 0 Å². The highest BCUT2D eigenvalue weighted by molar-refractivity contribution is 6.84. The van der Waals surface area contributed by atoms with Gasteiger partial charge in [-0.15, -0.1) is 0 Å². The second kappa shape index (κ2) is 3.64. The van der Waals surface area contributed by atoms with Crippen molar-refractivity contribution in [2.24, 2.45) is 0 Å². The van der Waals surface area contributed by atoms with Crippen molar-refractivity contribution < 1.29 is 4.12 Å². The fraction of sp³-hybridized carbons (Fsp3) is 1.00. The first-order valence-corrected chi connectivity index (χ1v) is 11.3. The summed E-state index contributed by atoms with van der Waals surface area (Å²) >= 11 is 0. The summed E-state index contributed by atoms with van der Waals surface area (Å²) in [7, 11) is -2.49. The molecule has 1 saturated heterocycles. The van der Waals surface area contributed by atoms with Gasteiger partial charge in [0.2, 0.25) is 0 Å². The molecule has 0 amide bonds. The van der Waals surface area contributed by atoms with Crippen LogP contribution in [-0.4, -0.2) is 16.6 Å². The van der Waals surface area contributed by atoms with E-state index in [4.69, 9.17) is 4.12 Å². The zero-order chi connectivity index (χ0) is 9.24. The van der Waals surface area contributed by atoms with E-state index in [9.17, 15) is 0 Å². The molecule has 1 nitrogen and oxygen atoms in total. The summed E-state index contributed by atoms with van der Waals surface area (Å²) < 4.78 is 6.34. The van der Waals surface area contributed by atoms with Gasteiger partial charge in [-0.25, -0.2) is 0 Å². The Balaban J connectivity index is 2.58. The van der Waals surface area contributed by atoms with Crippen LogP contribution in [0.25, 0.3) is 0 Å². The van der Waals surface area contributed by atoms with Crippen molar-refractivity contribution in [1.82, 2.24) is 0 Å². The van der Waals surface area contributed by atoms with Gasteiger partial charge in [0.1, 0.15) is 0 Å². The van der Waals surface area contributed by atoms with E-state index < -0.39 is 16.6 Å². The van der Waals surface area contributed by atoms with Crippen LogP contribution >= 0.6 is 0 Å². The first-order valence-electron chi connectivity index (χ1n) is 5.12. The van der Waals surface area contributed by atoms with Gasteiger partial charge in [-0.1, -0.05) is 19.3 Å². The normalized spacial score (nSPS) is 29.0. The number of hydrogen-bond donors (Lipinski definition) is 0. The molecule has 72 valence electrons. The molecule has 1 rings (SSSR count). The molecule has 0 bridgehead atoms. The molecule has 0 aliphatic carbocycles. The summed E-state index contributed by atoms with van der Waals surface area (Å²) in [5, 5.41) is 0. The monoisotopic (exact) mass is 202 g/mol. The first-order chi connectivity index (χ1) is 5.41. The molecule has 1 fully saturated rings. The number of hydrogen-bond acceptors (Lipinski definition) is 1. The van der Waals surface area contributed by atoms with E-state index in [1.807, 2.05) is 0 Å². The zero-order valence-electron chi connectivity index (χ0n) is 8.94. The molecule has 1 aliphatic rings. The summed E-state index contributed by atoms with van der Waals surface area (Å²) in [6.45, 7) is 9.53. The van der Waals surface area contributed by atoms with E-state index in [0.29, 0.717) is 0 Å². The third-order valence-corrected chi connectivity index (χ3v) is 10.1. The molecule has 0 aromatic rings. The van der Waals surface area contributed by atoms with Gasteiger partial charge in [0, 0.05) is 0 Å². The molecule has 3 heteroatoms. The largest absolute Gasteiger partial charge is 0.455 e. The molecule has 0 saturated carbocycles. The Kier molecular flexibility index (Phi) is 3.18. The van der Waals surface area contributed by atoms with Crippen LogP contribution in [0.2, 0.25) is 38.3 Å². The minimum absolute atomic E-state index is 1.25. The van der Waals surface area contributed by atoms with Crippen molar-refractivity contribution in [2.45, 2.75) is 57.5 Å². The van der Waals surface area contributed by atoms with Crippen LogP contribution in [0.1, 0.15) is 19.3 Å². The molecule has 12 heavy (non-hydrogen) atoms. The molecule has 0 spiro atoms. The summed E-state index contributed by atoms with van der Waals surface area (Å²) in [6, 6.07) is 2.76. The lowest BCUT2D eigenvalue weighted by Crippen LogP contribution is -2.45. The maximum atomic E-state index is 6.34. The van der Waals surface area contributed by atoms with Crippen LogP contribution in [0.5, 0.6) is 0 Å². The highest BCUT2D eigenvalue weighted by Gasteiger charge is 2.33. The maximum Gasteiger partial charge on any atom is 0.173 e. The van der Waals surface area contributed by atoms with Gasteiger partial charge in [-0.2, -0.15) is 0 Å². The standard InChI is InChI=1S/C9H22OSi2/c1-11(2)8-6-5-7-9-12(3,4)10-11/h5-9H2,1-4H3. The van der Waals surface area contributed by atoms with E-state index in [0.717, 1.165) is 0 Å². The quantitative estimate of drug-likeness (QED) is 0.545. The van der Waals surface area contributed by atoms with Gasteiger partial charge in [0.25, 0.3) is 0 Å². The third-order valence-electron chi connectivity index (χ3n) is 2.61. The van der Waals surface area contributed by atoms with Gasteiger partial charge in [0.15, 0.2) is 16.6 Å². The smallest absolute Gasteiger partial charge is 0.173 e. The van der Waals surface area contributed by atoms with Crippen molar-refractivity contribution in [3.8, 4) is 0 Å². The Morgan fingerprint density at radius 1 is 0.750 bits per heavy atom. The minimum atomic E-state index is -1.25. The van der Waals surface area contributed by atoms with E-state index in [2.05, 4.69) is 26.2 Å². The van der Waals surface area contributed by atoms with Gasteiger partial charge in [-0.3, -0.25) is 0 Å². The van der Waals surface area contributed by atoms with Gasteiger partial charge in [0.05, 0.1) is 0 Å². The summed E-state index contributed by atoms with van der Waals surface area (Å²) in [4.78, 5) is 0. The van der Waals surface area contributed by atoms with E-state index in [-0.39, 0.29) is 0 Å². The number of rotatable bonds is 0. The molecule has 0 aromatic carbocycles. The Morgan fingerprint density at radius 3 is 1.58 bits per heavy atom. The molecule has 0 N–H and O–H groups in total. The van der Waals surface area contributed by atoms with Crippen LogP contribution in [0.3, 0.4) is 0 Å². The lowest BCUT2D eigenvalue weighted by molar-refractivity contribution is 0.511. The molecular weight excluding hydrogens is 180 g/mol. The molecule has 0 aromatic heterocycles. The lowest BCUT2D eigenvalue weighted by Gasteiger charge is -2.36. The Morgan fingerprint density at radius 2 is 1.17 bits per heavy atom. The Labute approximate surface area is 78.8 Å². The summed E-state index contributed by atoms with van der Waals surface area (Å²) in [5.41, 5.74) is 0. The topological polar surface area (TPSA) is 9.23 Å². The Hall–Kier alpha value is 0.394.